The SMILES string of the molecule is CS(=O)(=O)Nc1cccc(C2(C(=O)NCC(c3ccccc3)N3CCCC3)CC2)c1. The number of sulfonamides is 1. The molecule has 1 atom stereocenters. The van der Waals surface area contributed by atoms with E-state index < -0.39 is 15.4 Å². The number of nitrogens with zero attached hydrogens (tertiary/aromatic N) is 1. The predicted octanol–water partition coefficient (Wildman–Crippen LogP) is 3.04. The Morgan fingerprint density at radius 2 is 1.77 bits per heavy atom. The highest BCUT2D eigenvalue weighted by atomic mass is 32.2. The molecular weight excluding hydrogens is 398 g/mol. The lowest BCUT2D eigenvalue weighted by Crippen LogP contribution is -2.41. The third-order valence-electron chi connectivity index (χ3n) is 6.12. The van der Waals surface area contributed by atoms with Gasteiger partial charge >= 0.3 is 0 Å². The lowest BCUT2D eigenvalue weighted by Gasteiger charge is -2.29. The molecule has 0 aromatic heterocycles. The molecular formula is C23H29N3O3S. The molecule has 1 aliphatic heterocycles. The van der Waals surface area contributed by atoms with Gasteiger partial charge in [-0.05, 0) is 62.0 Å². The number of hydrogen-bond acceptors (Lipinski definition) is 4. The van der Waals surface area contributed by atoms with Gasteiger partial charge in [0.05, 0.1) is 17.7 Å². The minimum absolute atomic E-state index is 0.0270. The van der Waals surface area contributed by atoms with Gasteiger partial charge < -0.3 is 5.32 Å². The summed E-state index contributed by atoms with van der Waals surface area (Å²) in [6.45, 7) is 2.69. The highest BCUT2D eigenvalue weighted by Gasteiger charge is 2.51. The zero-order valence-electron chi connectivity index (χ0n) is 17.3. The average Bonchev–Trinajstić information content (AvgIpc) is 3.36. The highest BCUT2D eigenvalue weighted by molar-refractivity contribution is 7.92. The monoisotopic (exact) mass is 427 g/mol. The molecule has 1 unspecified atom stereocenters. The van der Waals surface area contributed by atoms with E-state index in [0.717, 1.165) is 37.8 Å². The van der Waals surface area contributed by atoms with Crippen molar-refractivity contribution in [1.29, 1.82) is 0 Å². The lowest BCUT2D eigenvalue weighted by atomic mass is 9.94. The Kier molecular flexibility index (Phi) is 5.84. The van der Waals surface area contributed by atoms with Gasteiger partial charge in [0.15, 0.2) is 0 Å². The van der Waals surface area contributed by atoms with Crippen LogP contribution in [0.25, 0.3) is 0 Å². The van der Waals surface area contributed by atoms with Gasteiger partial charge in [-0.3, -0.25) is 14.4 Å². The van der Waals surface area contributed by atoms with Gasteiger partial charge in [0.1, 0.15) is 0 Å². The zero-order chi connectivity index (χ0) is 21.2. The fourth-order valence-electron chi connectivity index (χ4n) is 4.41. The molecule has 2 aromatic rings. The summed E-state index contributed by atoms with van der Waals surface area (Å²) in [7, 11) is -3.36. The second-order valence-corrected chi connectivity index (χ2v) is 10.2. The molecule has 4 rings (SSSR count). The second-order valence-electron chi connectivity index (χ2n) is 8.42. The van der Waals surface area contributed by atoms with E-state index in [2.05, 4.69) is 27.1 Å². The van der Waals surface area contributed by atoms with Crippen molar-refractivity contribution in [1.82, 2.24) is 10.2 Å². The number of rotatable bonds is 8. The van der Waals surface area contributed by atoms with E-state index in [-0.39, 0.29) is 11.9 Å². The van der Waals surface area contributed by atoms with Gasteiger partial charge in [-0.25, -0.2) is 8.42 Å². The van der Waals surface area contributed by atoms with Crippen LogP contribution in [0.2, 0.25) is 0 Å². The summed E-state index contributed by atoms with van der Waals surface area (Å²) >= 11 is 0. The molecule has 2 aromatic carbocycles. The molecule has 1 amide bonds. The highest BCUT2D eigenvalue weighted by Crippen LogP contribution is 2.49. The molecule has 7 heteroatoms. The molecule has 2 fully saturated rings. The van der Waals surface area contributed by atoms with Gasteiger partial charge in [0.2, 0.25) is 15.9 Å². The molecule has 160 valence electrons. The fraction of sp³-hybridized carbons (Fsp3) is 0.435. The van der Waals surface area contributed by atoms with E-state index in [0.29, 0.717) is 12.2 Å². The summed E-state index contributed by atoms with van der Waals surface area (Å²) in [5, 5.41) is 3.21. The Morgan fingerprint density at radius 1 is 1.07 bits per heavy atom. The molecule has 0 bridgehead atoms. The third kappa shape index (κ3) is 4.68. The normalized spacial score (nSPS) is 19.2. The van der Waals surface area contributed by atoms with Crippen molar-refractivity contribution in [3.05, 3.63) is 65.7 Å². The van der Waals surface area contributed by atoms with E-state index in [1.54, 1.807) is 18.2 Å². The largest absolute Gasteiger partial charge is 0.353 e. The van der Waals surface area contributed by atoms with Crippen LogP contribution in [-0.2, 0) is 20.2 Å². The Hall–Kier alpha value is -2.38. The summed E-state index contributed by atoms with van der Waals surface area (Å²) in [6.07, 6.45) is 5.08. The van der Waals surface area contributed by atoms with Crippen LogP contribution in [0.1, 0.15) is 42.9 Å². The van der Waals surface area contributed by atoms with Crippen LogP contribution in [-0.4, -0.2) is 45.1 Å². The number of amides is 1. The van der Waals surface area contributed by atoms with Crippen molar-refractivity contribution in [2.24, 2.45) is 0 Å². The van der Waals surface area contributed by atoms with Gasteiger partial charge in [-0.1, -0.05) is 42.5 Å². The lowest BCUT2D eigenvalue weighted by molar-refractivity contribution is -0.123. The molecule has 1 heterocycles. The number of carbonyl (C=O) groups excluding carboxylic acids is 1. The van der Waals surface area contributed by atoms with E-state index in [1.165, 1.54) is 18.4 Å². The Balaban J connectivity index is 1.48. The Morgan fingerprint density at radius 3 is 2.40 bits per heavy atom. The first-order valence-corrected chi connectivity index (χ1v) is 12.4. The molecule has 0 spiro atoms. The van der Waals surface area contributed by atoms with E-state index in [9.17, 15) is 13.2 Å². The van der Waals surface area contributed by atoms with Gasteiger partial charge in [-0.15, -0.1) is 0 Å². The summed E-state index contributed by atoms with van der Waals surface area (Å²) in [4.78, 5) is 15.7. The fourth-order valence-corrected chi connectivity index (χ4v) is 4.97. The van der Waals surface area contributed by atoms with Crippen molar-refractivity contribution in [3.63, 3.8) is 0 Å². The first kappa shape index (κ1) is 20.9. The van der Waals surface area contributed by atoms with Crippen molar-refractivity contribution in [2.75, 3.05) is 30.6 Å². The van der Waals surface area contributed by atoms with Crippen LogP contribution in [0.3, 0.4) is 0 Å². The number of hydrogen-bond donors (Lipinski definition) is 2. The van der Waals surface area contributed by atoms with Gasteiger partial charge in [0, 0.05) is 12.2 Å². The van der Waals surface area contributed by atoms with Crippen LogP contribution in [0.4, 0.5) is 5.69 Å². The second kappa shape index (κ2) is 8.40. The molecule has 1 aliphatic carbocycles. The summed E-state index contributed by atoms with van der Waals surface area (Å²) in [6, 6.07) is 17.7. The standard InChI is InChI=1S/C23H29N3O3S/c1-30(28,29)25-20-11-7-10-19(16-20)23(12-13-23)22(27)24-17-21(26-14-5-6-15-26)18-8-3-2-4-9-18/h2-4,7-11,16,21,25H,5-6,12-15,17H2,1H3,(H,24,27). The maximum Gasteiger partial charge on any atom is 0.230 e. The van der Waals surface area contributed by atoms with Crippen molar-refractivity contribution in [2.45, 2.75) is 37.1 Å². The number of nitrogens with one attached hydrogen (secondary N) is 2. The van der Waals surface area contributed by atoms with E-state index >= 15 is 0 Å². The third-order valence-corrected chi connectivity index (χ3v) is 6.73. The van der Waals surface area contributed by atoms with Crippen molar-refractivity contribution >= 4 is 21.6 Å². The molecule has 0 radical (unpaired) electrons. The zero-order valence-corrected chi connectivity index (χ0v) is 18.1. The van der Waals surface area contributed by atoms with E-state index in [1.807, 2.05) is 24.3 Å². The van der Waals surface area contributed by atoms with Gasteiger partial charge in [-0.2, -0.15) is 0 Å². The molecule has 1 saturated carbocycles. The molecule has 2 N–H and O–H groups in total. The topological polar surface area (TPSA) is 78.5 Å². The summed E-state index contributed by atoms with van der Waals surface area (Å²) in [5.74, 6) is 0.0270. The average molecular weight is 428 g/mol. The number of likely N-dealkylation sites (tertiary alicyclic amines) is 1. The number of anilines is 1. The van der Waals surface area contributed by atoms with Gasteiger partial charge in [0.25, 0.3) is 0 Å². The molecule has 1 saturated heterocycles. The minimum atomic E-state index is -3.36. The smallest absolute Gasteiger partial charge is 0.230 e. The van der Waals surface area contributed by atoms with Crippen LogP contribution in [0.5, 0.6) is 0 Å². The van der Waals surface area contributed by atoms with Crippen LogP contribution in [0, 0.1) is 0 Å². The maximum absolute atomic E-state index is 13.2. The molecule has 6 nitrogen and oxygen atoms in total. The van der Waals surface area contributed by atoms with E-state index in [4.69, 9.17) is 0 Å². The van der Waals surface area contributed by atoms with Crippen LogP contribution < -0.4 is 10.0 Å². The number of benzene rings is 2. The Bertz CT molecular complexity index is 997. The van der Waals surface area contributed by atoms with Crippen LogP contribution in [0.15, 0.2) is 54.6 Å². The maximum atomic E-state index is 13.2. The van der Waals surface area contributed by atoms with Crippen molar-refractivity contribution in [3.8, 4) is 0 Å². The quantitative estimate of drug-likeness (QED) is 0.679. The molecule has 2 aliphatic rings. The Labute approximate surface area is 178 Å². The van der Waals surface area contributed by atoms with Crippen molar-refractivity contribution < 1.29 is 13.2 Å². The first-order valence-electron chi connectivity index (χ1n) is 10.5. The minimum Gasteiger partial charge on any atom is -0.353 e. The summed E-state index contributed by atoms with van der Waals surface area (Å²) in [5.41, 5.74) is 2.03. The van der Waals surface area contributed by atoms with Crippen LogP contribution >= 0.6 is 0 Å². The predicted molar refractivity (Wildman–Crippen MR) is 119 cm³/mol. The first-order chi connectivity index (χ1) is 14.4. The molecule has 30 heavy (non-hydrogen) atoms. The summed E-state index contributed by atoms with van der Waals surface area (Å²) < 4.78 is 25.6. The number of carbonyl (C=O) groups is 1.